The Morgan fingerprint density at radius 1 is 1.29 bits per heavy atom. The molecule has 1 aliphatic heterocycles. The van der Waals surface area contributed by atoms with E-state index in [2.05, 4.69) is 15.6 Å². The van der Waals surface area contributed by atoms with Crippen LogP contribution in [-0.4, -0.2) is 30.6 Å². The smallest absolute Gasteiger partial charge is 0.241 e. The summed E-state index contributed by atoms with van der Waals surface area (Å²) >= 11 is 0. The largest absolute Gasteiger partial charge is 0.493 e. The van der Waals surface area contributed by atoms with Gasteiger partial charge in [-0.25, -0.2) is 0 Å². The molecule has 126 valence electrons. The third kappa shape index (κ3) is 4.02. The van der Waals surface area contributed by atoms with Gasteiger partial charge in [-0.2, -0.15) is 0 Å². The predicted molar refractivity (Wildman–Crippen MR) is 91.2 cm³/mol. The van der Waals surface area contributed by atoms with Gasteiger partial charge in [0.2, 0.25) is 5.91 Å². The number of carbonyl (C=O) groups is 1. The topological polar surface area (TPSA) is 72.5 Å². The summed E-state index contributed by atoms with van der Waals surface area (Å²) < 4.78 is 11.2. The Balaban J connectivity index is 1.69. The van der Waals surface area contributed by atoms with E-state index in [9.17, 15) is 4.79 Å². The number of hydrogen-bond acceptors (Lipinski definition) is 5. The lowest BCUT2D eigenvalue weighted by molar-refractivity contribution is -0.117. The molecule has 0 saturated carbocycles. The molecule has 6 nitrogen and oxygen atoms in total. The number of methoxy groups -OCH3 is 1. The normalized spacial score (nSPS) is 16.6. The van der Waals surface area contributed by atoms with Gasteiger partial charge in [-0.15, -0.1) is 0 Å². The number of nitrogens with one attached hydrogen (secondary N) is 2. The highest BCUT2D eigenvalue weighted by Gasteiger charge is 2.22. The van der Waals surface area contributed by atoms with Gasteiger partial charge in [0.25, 0.3) is 0 Å². The molecule has 1 atom stereocenters. The number of pyridine rings is 1. The summed E-state index contributed by atoms with van der Waals surface area (Å²) in [6, 6.07) is 9.05. The predicted octanol–water partition coefficient (Wildman–Crippen LogP) is 2.36. The van der Waals surface area contributed by atoms with Crippen molar-refractivity contribution in [3.63, 3.8) is 0 Å². The fourth-order valence-electron chi connectivity index (χ4n) is 2.65. The quantitative estimate of drug-likeness (QED) is 0.852. The lowest BCUT2D eigenvalue weighted by Gasteiger charge is -2.15. The number of benzene rings is 1. The van der Waals surface area contributed by atoms with Crippen LogP contribution in [0.15, 0.2) is 42.7 Å². The van der Waals surface area contributed by atoms with Crippen LogP contribution in [0.25, 0.3) is 0 Å². The van der Waals surface area contributed by atoms with Gasteiger partial charge in [0, 0.05) is 24.1 Å². The first kappa shape index (κ1) is 16.3. The van der Waals surface area contributed by atoms with Crippen LogP contribution >= 0.6 is 0 Å². The van der Waals surface area contributed by atoms with Crippen molar-refractivity contribution in [2.75, 3.05) is 19.0 Å². The molecule has 3 rings (SSSR count). The lowest BCUT2D eigenvalue weighted by Crippen LogP contribution is -2.35. The van der Waals surface area contributed by atoms with E-state index >= 15 is 0 Å². The average molecular weight is 327 g/mol. The first-order valence-electron chi connectivity index (χ1n) is 8.00. The summed E-state index contributed by atoms with van der Waals surface area (Å²) in [4.78, 5) is 16.2. The minimum Gasteiger partial charge on any atom is -0.493 e. The monoisotopic (exact) mass is 327 g/mol. The van der Waals surface area contributed by atoms with Crippen LogP contribution in [0, 0.1) is 0 Å². The molecule has 0 aliphatic carbocycles. The Bertz CT molecular complexity index is 685. The molecule has 1 aliphatic rings. The van der Waals surface area contributed by atoms with Crippen molar-refractivity contribution < 1.29 is 14.3 Å². The van der Waals surface area contributed by atoms with Crippen LogP contribution in [0.4, 0.5) is 5.69 Å². The van der Waals surface area contributed by atoms with E-state index in [1.807, 2.05) is 18.2 Å². The summed E-state index contributed by atoms with van der Waals surface area (Å²) in [5.74, 6) is 1.20. The molecule has 1 amide bonds. The van der Waals surface area contributed by atoms with Crippen molar-refractivity contribution >= 4 is 11.6 Å². The number of rotatable bonds is 6. The number of amides is 1. The molecule has 1 saturated heterocycles. The standard InChI is InChI=1S/C18H21N3O3/c1-23-16-5-4-14(21-18(22)15-3-2-8-20-15)11-17(16)24-12-13-6-9-19-10-7-13/h4-7,9-11,15,20H,2-3,8,12H2,1H3,(H,21,22). The Hall–Kier alpha value is -2.60. The highest BCUT2D eigenvalue weighted by atomic mass is 16.5. The van der Waals surface area contributed by atoms with Gasteiger partial charge in [-0.1, -0.05) is 0 Å². The van der Waals surface area contributed by atoms with Crippen molar-refractivity contribution in [3.8, 4) is 11.5 Å². The van der Waals surface area contributed by atoms with Gasteiger partial charge in [-0.3, -0.25) is 9.78 Å². The second-order valence-electron chi connectivity index (χ2n) is 5.65. The van der Waals surface area contributed by atoms with E-state index in [4.69, 9.17) is 9.47 Å². The van der Waals surface area contributed by atoms with Crippen LogP contribution in [0.2, 0.25) is 0 Å². The summed E-state index contributed by atoms with van der Waals surface area (Å²) in [5.41, 5.74) is 1.70. The van der Waals surface area contributed by atoms with E-state index in [0.717, 1.165) is 24.9 Å². The van der Waals surface area contributed by atoms with Gasteiger partial charge in [0.1, 0.15) is 6.61 Å². The van der Waals surface area contributed by atoms with Gasteiger partial charge >= 0.3 is 0 Å². The number of anilines is 1. The minimum absolute atomic E-state index is 0.0160. The SMILES string of the molecule is COc1ccc(NC(=O)C2CCCN2)cc1OCc1ccncc1. The Kier molecular flexibility index (Phi) is 5.28. The second kappa shape index (κ2) is 7.79. The van der Waals surface area contributed by atoms with Gasteiger partial charge < -0.3 is 20.1 Å². The van der Waals surface area contributed by atoms with Crippen LogP contribution in [0.3, 0.4) is 0 Å². The number of hydrogen-bond donors (Lipinski definition) is 2. The van der Waals surface area contributed by atoms with Crippen molar-refractivity contribution in [3.05, 3.63) is 48.3 Å². The molecule has 24 heavy (non-hydrogen) atoms. The van der Waals surface area contributed by atoms with Gasteiger partial charge in [0.05, 0.1) is 13.2 Å². The van der Waals surface area contributed by atoms with Crippen LogP contribution in [0.1, 0.15) is 18.4 Å². The molecule has 0 spiro atoms. The minimum atomic E-state index is -0.117. The first-order valence-corrected chi connectivity index (χ1v) is 8.00. The number of carbonyl (C=O) groups excluding carboxylic acids is 1. The summed E-state index contributed by atoms with van der Waals surface area (Å²) in [6.45, 7) is 1.29. The van der Waals surface area contributed by atoms with Gasteiger partial charge in [0.15, 0.2) is 11.5 Å². The van der Waals surface area contributed by atoms with Crippen molar-refractivity contribution in [2.24, 2.45) is 0 Å². The summed E-state index contributed by atoms with van der Waals surface area (Å²) in [6.07, 6.45) is 5.34. The van der Waals surface area contributed by atoms with Crippen LogP contribution in [-0.2, 0) is 11.4 Å². The third-order valence-corrected chi connectivity index (χ3v) is 3.95. The van der Waals surface area contributed by atoms with Crippen molar-refractivity contribution in [1.29, 1.82) is 0 Å². The fraction of sp³-hybridized carbons (Fsp3) is 0.333. The van der Waals surface area contributed by atoms with E-state index in [0.29, 0.717) is 23.8 Å². The van der Waals surface area contributed by atoms with Crippen molar-refractivity contribution in [1.82, 2.24) is 10.3 Å². The number of nitrogens with zero attached hydrogens (tertiary/aromatic N) is 1. The van der Waals surface area contributed by atoms with Crippen LogP contribution < -0.4 is 20.1 Å². The molecule has 2 heterocycles. The molecule has 2 aromatic rings. The van der Waals surface area contributed by atoms with Crippen molar-refractivity contribution in [2.45, 2.75) is 25.5 Å². The Morgan fingerprint density at radius 3 is 2.83 bits per heavy atom. The average Bonchev–Trinajstić information content (AvgIpc) is 3.16. The number of ether oxygens (including phenoxy) is 2. The highest BCUT2D eigenvalue weighted by Crippen LogP contribution is 2.31. The van der Waals surface area contributed by atoms with Gasteiger partial charge in [-0.05, 0) is 49.2 Å². The molecule has 1 fully saturated rings. The van der Waals surface area contributed by atoms with E-state index in [1.165, 1.54) is 0 Å². The van der Waals surface area contributed by atoms with Crippen LogP contribution in [0.5, 0.6) is 11.5 Å². The van der Waals surface area contributed by atoms with E-state index < -0.39 is 0 Å². The zero-order valence-electron chi connectivity index (χ0n) is 13.6. The molecule has 2 N–H and O–H groups in total. The molecule has 1 aromatic carbocycles. The number of aromatic nitrogens is 1. The summed E-state index contributed by atoms with van der Waals surface area (Å²) in [7, 11) is 1.59. The first-order chi connectivity index (χ1) is 11.8. The maximum Gasteiger partial charge on any atom is 0.241 e. The molecule has 1 unspecified atom stereocenters. The highest BCUT2D eigenvalue weighted by molar-refractivity contribution is 5.95. The second-order valence-corrected chi connectivity index (χ2v) is 5.65. The molecular formula is C18H21N3O3. The molecule has 1 aromatic heterocycles. The summed E-state index contributed by atoms with van der Waals surface area (Å²) in [5, 5.41) is 6.11. The third-order valence-electron chi connectivity index (χ3n) is 3.95. The van der Waals surface area contributed by atoms with E-state index in [-0.39, 0.29) is 11.9 Å². The molecule has 0 bridgehead atoms. The zero-order valence-corrected chi connectivity index (χ0v) is 13.6. The maximum atomic E-state index is 12.2. The molecule has 0 radical (unpaired) electrons. The molecular weight excluding hydrogens is 306 g/mol. The molecule has 6 heteroatoms. The fourth-order valence-corrected chi connectivity index (χ4v) is 2.65. The maximum absolute atomic E-state index is 12.2. The zero-order chi connectivity index (χ0) is 16.8. The lowest BCUT2D eigenvalue weighted by atomic mass is 10.2. The Labute approximate surface area is 141 Å². The van der Waals surface area contributed by atoms with E-state index in [1.54, 1.807) is 31.6 Å². The Morgan fingerprint density at radius 2 is 2.12 bits per heavy atom.